The molecular formula is C45H60N6O6S. The first-order valence-corrected chi connectivity index (χ1v) is 20.7. The number of hydrogen-bond donors (Lipinski definition) is 2. The number of likely N-dealkylation sites (N-methyl/N-ethyl adjacent to an activating group) is 2. The lowest BCUT2D eigenvalue weighted by molar-refractivity contribution is -0.139. The molecule has 5 rings (SSSR count). The first kappa shape index (κ1) is 45.6. The number of pyridine rings is 1. The molecular weight excluding hydrogens is 753 g/mol. The summed E-state index contributed by atoms with van der Waals surface area (Å²) in [4.78, 5) is 43.4. The Labute approximate surface area is 346 Å². The first-order valence-electron chi connectivity index (χ1n) is 19.3. The van der Waals surface area contributed by atoms with Crippen LogP contribution in [-0.4, -0.2) is 116 Å². The second-order valence-electron chi connectivity index (χ2n) is 15.8. The van der Waals surface area contributed by atoms with Gasteiger partial charge < -0.3 is 29.4 Å². The van der Waals surface area contributed by atoms with E-state index in [1.54, 1.807) is 49.2 Å². The number of aromatic amines is 1. The van der Waals surface area contributed by atoms with Crippen LogP contribution in [0.15, 0.2) is 90.2 Å². The fourth-order valence-corrected chi connectivity index (χ4v) is 7.76. The minimum Gasteiger partial charge on any atom is -0.497 e. The average Bonchev–Trinajstić information content (AvgIpc) is 3.63. The summed E-state index contributed by atoms with van der Waals surface area (Å²) >= 11 is 0. The Balaban J connectivity index is 0.000000271. The molecule has 0 aliphatic rings. The number of ether oxygens (including phenoxy) is 2. The lowest BCUT2D eigenvalue weighted by atomic mass is 9.93. The van der Waals surface area contributed by atoms with Gasteiger partial charge in [-0.2, -0.15) is 0 Å². The number of hydrogen-bond acceptors (Lipinski definition) is 9. The number of aliphatic hydroxyl groups is 1. The van der Waals surface area contributed by atoms with Gasteiger partial charge in [-0.15, -0.1) is 0 Å². The van der Waals surface area contributed by atoms with Crippen molar-refractivity contribution in [2.45, 2.75) is 76.4 Å². The molecule has 1 unspecified atom stereocenters. The molecule has 0 aliphatic heterocycles. The Hall–Kier alpha value is -5.11. The van der Waals surface area contributed by atoms with E-state index < -0.39 is 10.8 Å². The molecule has 0 saturated carbocycles. The van der Waals surface area contributed by atoms with E-state index in [9.17, 15) is 18.9 Å². The molecule has 2 amide bonds. The number of nitrogens with zero attached hydrogens (tertiary/aromatic N) is 5. The predicted octanol–water partition coefficient (Wildman–Crippen LogP) is 6.14. The molecule has 0 bridgehead atoms. The molecule has 3 aromatic carbocycles. The molecule has 0 radical (unpaired) electrons. The smallest absolute Gasteiger partial charge is 0.236 e. The SMILES string of the molecule is CN(C(=O)CN(CCO)CC(=O)N(C)C(C)(C)Cc1ccccc1)C(C)(C)Cc1ccccc1.COc1ccc2nc(S(=O)Cc3ncc(C)c(OC)c3C)[nH]c2c1. The van der Waals surface area contributed by atoms with E-state index in [4.69, 9.17) is 9.47 Å². The number of aromatic nitrogens is 3. The molecule has 58 heavy (non-hydrogen) atoms. The Kier molecular flexibility index (Phi) is 16.1. The quantitative estimate of drug-likeness (QED) is 0.113. The Morgan fingerprint density at radius 1 is 0.810 bits per heavy atom. The van der Waals surface area contributed by atoms with Crippen molar-refractivity contribution in [2.75, 3.05) is 54.6 Å². The fraction of sp³-hybridized carbons (Fsp3) is 0.422. The van der Waals surface area contributed by atoms with E-state index in [1.165, 1.54) is 0 Å². The van der Waals surface area contributed by atoms with Gasteiger partial charge in [0.2, 0.25) is 11.8 Å². The van der Waals surface area contributed by atoms with E-state index in [1.807, 2.05) is 96.1 Å². The molecule has 2 heterocycles. The van der Waals surface area contributed by atoms with Crippen LogP contribution in [0.2, 0.25) is 0 Å². The molecule has 0 saturated heterocycles. The van der Waals surface area contributed by atoms with Gasteiger partial charge in [0.15, 0.2) is 5.16 Å². The van der Waals surface area contributed by atoms with Crippen LogP contribution in [0.1, 0.15) is 55.6 Å². The number of methoxy groups -OCH3 is 2. The van der Waals surface area contributed by atoms with Crippen molar-refractivity contribution in [2.24, 2.45) is 0 Å². The number of carbonyl (C=O) groups is 2. The minimum absolute atomic E-state index is 0.0756. The lowest BCUT2D eigenvalue weighted by Crippen LogP contribution is -2.53. The Morgan fingerprint density at radius 2 is 1.34 bits per heavy atom. The average molecular weight is 813 g/mol. The highest BCUT2D eigenvalue weighted by Gasteiger charge is 2.32. The number of nitrogens with one attached hydrogen (secondary N) is 1. The van der Waals surface area contributed by atoms with Crippen molar-refractivity contribution in [3.8, 4) is 11.5 Å². The molecule has 2 N–H and O–H groups in total. The number of H-pyrrole nitrogens is 1. The summed E-state index contributed by atoms with van der Waals surface area (Å²) in [6.07, 6.45) is 3.19. The number of benzene rings is 3. The summed E-state index contributed by atoms with van der Waals surface area (Å²) in [5, 5.41) is 9.99. The van der Waals surface area contributed by atoms with E-state index in [0.717, 1.165) is 63.3 Å². The van der Waals surface area contributed by atoms with E-state index in [2.05, 4.69) is 39.2 Å². The Morgan fingerprint density at radius 3 is 1.83 bits per heavy atom. The minimum atomic E-state index is -1.33. The maximum atomic E-state index is 13.1. The maximum Gasteiger partial charge on any atom is 0.236 e. The topological polar surface area (TPSA) is 141 Å². The molecule has 5 aromatic rings. The van der Waals surface area contributed by atoms with Crippen molar-refractivity contribution >= 4 is 33.6 Å². The fourth-order valence-electron chi connectivity index (χ4n) is 6.66. The van der Waals surface area contributed by atoms with Gasteiger partial charge in [0.25, 0.3) is 0 Å². The van der Waals surface area contributed by atoms with E-state index >= 15 is 0 Å². The van der Waals surface area contributed by atoms with E-state index in [-0.39, 0.29) is 54.9 Å². The third kappa shape index (κ3) is 12.2. The van der Waals surface area contributed by atoms with Crippen molar-refractivity contribution in [3.63, 3.8) is 0 Å². The summed E-state index contributed by atoms with van der Waals surface area (Å²) in [5.74, 6) is 1.64. The van der Waals surface area contributed by atoms with Gasteiger partial charge in [-0.25, -0.2) is 4.98 Å². The van der Waals surface area contributed by atoms with Gasteiger partial charge in [0.05, 0.1) is 67.2 Å². The zero-order valence-corrected chi connectivity index (χ0v) is 36.5. The number of amides is 2. The van der Waals surface area contributed by atoms with Crippen molar-refractivity contribution in [1.29, 1.82) is 0 Å². The number of aliphatic hydroxyl groups excluding tert-OH is 1. The zero-order chi connectivity index (χ0) is 42.6. The summed E-state index contributed by atoms with van der Waals surface area (Å²) < 4.78 is 23.3. The van der Waals surface area contributed by atoms with Gasteiger partial charge in [-0.05, 0) is 77.6 Å². The summed E-state index contributed by atoms with van der Waals surface area (Å²) in [7, 11) is 5.52. The highest BCUT2D eigenvalue weighted by atomic mass is 32.2. The number of aryl methyl sites for hydroxylation is 1. The molecule has 2 aromatic heterocycles. The van der Waals surface area contributed by atoms with Crippen LogP contribution in [0.4, 0.5) is 0 Å². The maximum absolute atomic E-state index is 13.1. The highest BCUT2D eigenvalue weighted by Crippen LogP contribution is 2.27. The molecule has 312 valence electrons. The molecule has 0 fully saturated rings. The van der Waals surface area contributed by atoms with Crippen LogP contribution in [0, 0.1) is 13.8 Å². The number of carbonyl (C=O) groups excluding carboxylic acids is 2. The second-order valence-corrected chi connectivity index (χ2v) is 17.1. The van der Waals surface area contributed by atoms with Gasteiger partial charge in [-0.1, -0.05) is 60.7 Å². The standard InChI is InChI=1S/C28H41N3O3.C17H19N3O3S/c1-27(2,19-23-13-9-7-10-14-23)29(5)25(33)21-31(17-18-32)22-26(34)30(6)28(3,4)20-24-15-11-8-12-16-24;1-10-8-18-15(11(2)16(10)23-4)9-24(21)17-19-13-6-5-12(22-3)7-14(13)20-17/h7-16,32H,17-22H2,1-6H3;5-8H,9H2,1-4H3,(H,19,20). The van der Waals surface area contributed by atoms with Crippen LogP contribution in [0.3, 0.4) is 0 Å². The number of rotatable bonds is 17. The predicted molar refractivity (Wildman–Crippen MR) is 231 cm³/mol. The van der Waals surface area contributed by atoms with Crippen molar-refractivity contribution < 1.29 is 28.4 Å². The molecule has 0 spiro atoms. The van der Waals surface area contributed by atoms with Gasteiger partial charge in [0, 0.05) is 55.1 Å². The van der Waals surface area contributed by atoms with Gasteiger partial charge >= 0.3 is 0 Å². The van der Waals surface area contributed by atoms with E-state index in [0.29, 0.717) is 5.16 Å². The normalized spacial score (nSPS) is 12.1. The third-order valence-electron chi connectivity index (χ3n) is 10.6. The Bertz CT molecular complexity index is 2070. The van der Waals surface area contributed by atoms with Crippen molar-refractivity contribution in [3.05, 3.63) is 113 Å². The number of fused-ring (bicyclic) bond motifs is 1. The van der Waals surface area contributed by atoms with Gasteiger partial charge in [-0.3, -0.25) is 23.7 Å². The van der Waals surface area contributed by atoms with Crippen LogP contribution >= 0.6 is 0 Å². The molecule has 13 heteroatoms. The lowest BCUT2D eigenvalue weighted by Gasteiger charge is -2.39. The van der Waals surface area contributed by atoms with Crippen LogP contribution in [-0.2, 0) is 39.0 Å². The number of imidazole rings is 1. The van der Waals surface area contributed by atoms with Crippen molar-refractivity contribution in [1.82, 2.24) is 29.7 Å². The van der Waals surface area contributed by atoms with Gasteiger partial charge in [0.1, 0.15) is 11.5 Å². The summed E-state index contributed by atoms with van der Waals surface area (Å²) in [5.41, 5.74) is 5.71. The largest absolute Gasteiger partial charge is 0.497 e. The molecule has 12 nitrogen and oxygen atoms in total. The summed E-state index contributed by atoms with van der Waals surface area (Å²) in [6.45, 7) is 12.3. The summed E-state index contributed by atoms with van der Waals surface area (Å²) in [6, 6.07) is 25.7. The second kappa shape index (κ2) is 20.5. The van der Waals surface area contributed by atoms with Crippen LogP contribution in [0.25, 0.3) is 11.0 Å². The van der Waals surface area contributed by atoms with Crippen LogP contribution < -0.4 is 9.47 Å². The first-order chi connectivity index (χ1) is 27.5. The molecule has 1 atom stereocenters. The highest BCUT2D eigenvalue weighted by molar-refractivity contribution is 7.84. The van der Waals surface area contributed by atoms with Crippen LogP contribution in [0.5, 0.6) is 11.5 Å². The molecule has 0 aliphatic carbocycles. The zero-order valence-electron chi connectivity index (χ0n) is 35.7. The monoisotopic (exact) mass is 812 g/mol. The third-order valence-corrected chi connectivity index (χ3v) is 11.7.